The number of allylic oxidation sites excluding steroid dienone is 5. The SMILES string of the molecule is CCC(C)CCC=CC=C(C)C(O)CC=CC=CC(=O)OC. The maximum atomic E-state index is 10.8. The number of hydrogen-bond donors (Lipinski definition) is 1. The quantitative estimate of drug-likeness (QED) is 0.371. The van der Waals surface area contributed by atoms with Crippen molar-refractivity contribution in [3.05, 3.63) is 48.1 Å². The van der Waals surface area contributed by atoms with Crippen LogP contribution in [0, 0.1) is 5.92 Å². The van der Waals surface area contributed by atoms with Gasteiger partial charge in [-0.1, -0.05) is 56.7 Å². The number of esters is 1. The Hall–Kier alpha value is -1.61. The maximum absolute atomic E-state index is 10.8. The number of ether oxygens (including phenoxy) is 1. The van der Waals surface area contributed by atoms with E-state index in [1.165, 1.54) is 26.0 Å². The van der Waals surface area contributed by atoms with Gasteiger partial charge in [0.05, 0.1) is 13.2 Å². The third-order valence-electron chi connectivity index (χ3n) is 3.58. The van der Waals surface area contributed by atoms with E-state index in [0.29, 0.717) is 6.42 Å². The Kier molecular flexibility index (Phi) is 12.1. The molecule has 0 heterocycles. The lowest BCUT2D eigenvalue weighted by Crippen LogP contribution is -2.05. The summed E-state index contributed by atoms with van der Waals surface area (Å²) in [6.45, 7) is 6.39. The fraction of sp³-hybridized carbons (Fsp3) is 0.526. The van der Waals surface area contributed by atoms with Crippen LogP contribution in [0.3, 0.4) is 0 Å². The van der Waals surface area contributed by atoms with Crippen molar-refractivity contribution < 1.29 is 14.6 Å². The molecule has 3 heteroatoms. The molecule has 0 aliphatic carbocycles. The molecule has 0 aliphatic heterocycles. The second-order valence-corrected chi connectivity index (χ2v) is 5.49. The van der Waals surface area contributed by atoms with Crippen molar-refractivity contribution in [2.45, 2.75) is 52.6 Å². The molecule has 0 bridgehead atoms. The molecule has 0 aromatic heterocycles. The van der Waals surface area contributed by atoms with Gasteiger partial charge in [-0.15, -0.1) is 0 Å². The summed E-state index contributed by atoms with van der Waals surface area (Å²) in [5.41, 5.74) is 0.932. The molecule has 3 nitrogen and oxygen atoms in total. The summed E-state index contributed by atoms with van der Waals surface area (Å²) in [7, 11) is 1.34. The van der Waals surface area contributed by atoms with Gasteiger partial charge in [-0.05, 0) is 37.7 Å². The van der Waals surface area contributed by atoms with Gasteiger partial charge in [0.15, 0.2) is 0 Å². The summed E-state index contributed by atoms with van der Waals surface area (Å²) in [5.74, 6) is 0.382. The third-order valence-corrected chi connectivity index (χ3v) is 3.58. The first-order valence-corrected chi connectivity index (χ1v) is 7.93. The lowest BCUT2D eigenvalue weighted by molar-refractivity contribution is -0.134. The first-order valence-electron chi connectivity index (χ1n) is 7.93. The van der Waals surface area contributed by atoms with Crippen LogP contribution in [0.5, 0.6) is 0 Å². The van der Waals surface area contributed by atoms with Crippen LogP contribution in [0.2, 0.25) is 0 Å². The zero-order valence-electron chi connectivity index (χ0n) is 14.3. The Morgan fingerprint density at radius 3 is 2.59 bits per heavy atom. The topological polar surface area (TPSA) is 46.5 Å². The van der Waals surface area contributed by atoms with E-state index in [1.54, 1.807) is 12.2 Å². The monoisotopic (exact) mass is 306 g/mol. The fourth-order valence-electron chi connectivity index (χ4n) is 1.69. The molecular weight excluding hydrogens is 276 g/mol. The fourth-order valence-corrected chi connectivity index (χ4v) is 1.69. The molecule has 0 fully saturated rings. The van der Waals surface area contributed by atoms with Crippen molar-refractivity contribution >= 4 is 5.97 Å². The van der Waals surface area contributed by atoms with Crippen molar-refractivity contribution in [2.75, 3.05) is 7.11 Å². The zero-order chi connectivity index (χ0) is 16.8. The van der Waals surface area contributed by atoms with Crippen molar-refractivity contribution in [1.29, 1.82) is 0 Å². The summed E-state index contributed by atoms with van der Waals surface area (Å²) >= 11 is 0. The van der Waals surface area contributed by atoms with Gasteiger partial charge < -0.3 is 9.84 Å². The van der Waals surface area contributed by atoms with Crippen LogP contribution in [0.1, 0.15) is 46.5 Å². The lowest BCUT2D eigenvalue weighted by atomic mass is 10.0. The molecular formula is C19H30O3. The summed E-state index contributed by atoms with van der Waals surface area (Å²) in [6, 6.07) is 0. The van der Waals surface area contributed by atoms with Gasteiger partial charge in [-0.25, -0.2) is 4.79 Å². The highest BCUT2D eigenvalue weighted by Gasteiger charge is 2.02. The Labute approximate surface area is 135 Å². The standard InChI is InChI=1S/C19H30O3/c1-5-16(2)12-8-6-9-13-17(3)18(20)14-10-7-11-15-19(21)22-4/h6-7,9-11,13,15-16,18,20H,5,8,12,14H2,1-4H3. The average molecular weight is 306 g/mol. The number of carbonyl (C=O) groups is 1. The van der Waals surface area contributed by atoms with Crippen LogP contribution in [0.4, 0.5) is 0 Å². The van der Waals surface area contributed by atoms with E-state index in [9.17, 15) is 9.90 Å². The minimum Gasteiger partial charge on any atom is -0.466 e. The Bertz CT molecular complexity index is 416. The molecule has 0 aromatic carbocycles. The van der Waals surface area contributed by atoms with Gasteiger partial charge in [0, 0.05) is 6.08 Å². The van der Waals surface area contributed by atoms with E-state index in [-0.39, 0.29) is 5.97 Å². The second-order valence-electron chi connectivity index (χ2n) is 5.49. The van der Waals surface area contributed by atoms with Gasteiger partial charge in [0.25, 0.3) is 0 Å². The Morgan fingerprint density at radius 2 is 1.95 bits per heavy atom. The Balaban J connectivity index is 4.09. The minimum absolute atomic E-state index is 0.385. The van der Waals surface area contributed by atoms with E-state index in [0.717, 1.165) is 17.9 Å². The van der Waals surface area contributed by atoms with Crippen molar-refractivity contribution in [3.63, 3.8) is 0 Å². The van der Waals surface area contributed by atoms with Crippen molar-refractivity contribution in [2.24, 2.45) is 5.92 Å². The predicted molar refractivity (Wildman–Crippen MR) is 92.5 cm³/mol. The molecule has 0 spiro atoms. The highest BCUT2D eigenvalue weighted by molar-refractivity contribution is 5.82. The van der Waals surface area contributed by atoms with E-state index in [1.807, 2.05) is 25.2 Å². The molecule has 124 valence electrons. The van der Waals surface area contributed by atoms with Crippen molar-refractivity contribution in [1.82, 2.24) is 0 Å². The van der Waals surface area contributed by atoms with Gasteiger partial charge >= 0.3 is 5.97 Å². The first-order chi connectivity index (χ1) is 10.5. The maximum Gasteiger partial charge on any atom is 0.330 e. The second kappa shape index (κ2) is 13.1. The van der Waals surface area contributed by atoms with Crippen molar-refractivity contribution in [3.8, 4) is 0 Å². The highest BCUT2D eigenvalue weighted by Crippen LogP contribution is 2.10. The van der Waals surface area contributed by atoms with E-state index in [2.05, 4.69) is 24.7 Å². The van der Waals surface area contributed by atoms with Crippen LogP contribution in [0.25, 0.3) is 0 Å². The van der Waals surface area contributed by atoms with Gasteiger partial charge in [0.1, 0.15) is 0 Å². The lowest BCUT2D eigenvalue weighted by Gasteiger charge is -2.07. The summed E-state index contributed by atoms with van der Waals surface area (Å²) < 4.78 is 4.48. The number of aliphatic hydroxyl groups is 1. The molecule has 0 rings (SSSR count). The normalized spacial score (nSPS) is 15.8. The van der Waals surface area contributed by atoms with Crippen LogP contribution in [-0.2, 0) is 9.53 Å². The van der Waals surface area contributed by atoms with E-state index in [4.69, 9.17) is 0 Å². The van der Waals surface area contributed by atoms with Gasteiger partial charge in [-0.3, -0.25) is 0 Å². The van der Waals surface area contributed by atoms with E-state index < -0.39 is 6.10 Å². The van der Waals surface area contributed by atoms with Gasteiger partial charge in [0.2, 0.25) is 0 Å². The van der Waals surface area contributed by atoms with E-state index >= 15 is 0 Å². The molecule has 2 unspecified atom stereocenters. The molecule has 0 aliphatic rings. The smallest absolute Gasteiger partial charge is 0.330 e. The average Bonchev–Trinajstić information content (AvgIpc) is 2.52. The molecule has 2 atom stereocenters. The molecule has 0 aromatic rings. The van der Waals surface area contributed by atoms with Crippen LogP contribution in [0.15, 0.2) is 48.1 Å². The van der Waals surface area contributed by atoms with Gasteiger partial charge in [-0.2, -0.15) is 0 Å². The number of rotatable bonds is 10. The number of methoxy groups -OCH3 is 1. The third kappa shape index (κ3) is 11.1. The largest absolute Gasteiger partial charge is 0.466 e. The number of hydrogen-bond acceptors (Lipinski definition) is 3. The highest BCUT2D eigenvalue weighted by atomic mass is 16.5. The van der Waals surface area contributed by atoms with Crippen LogP contribution < -0.4 is 0 Å². The zero-order valence-corrected chi connectivity index (χ0v) is 14.3. The molecule has 1 N–H and O–H groups in total. The predicted octanol–water partition coefficient (Wildman–Crippen LogP) is 4.35. The van der Waals surface area contributed by atoms with Crippen LogP contribution in [-0.4, -0.2) is 24.3 Å². The molecule has 22 heavy (non-hydrogen) atoms. The number of aliphatic hydroxyl groups excluding tert-OH is 1. The molecule has 0 radical (unpaired) electrons. The molecule has 0 saturated heterocycles. The minimum atomic E-state index is -0.498. The number of carbonyl (C=O) groups excluding carboxylic acids is 1. The Morgan fingerprint density at radius 1 is 1.23 bits per heavy atom. The first kappa shape index (κ1) is 20.4. The summed E-state index contributed by atoms with van der Waals surface area (Å²) in [6.07, 6.45) is 16.2. The molecule has 0 saturated carbocycles. The summed E-state index contributed by atoms with van der Waals surface area (Å²) in [5, 5.41) is 9.99. The summed E-state index contributed by atoms with van der Waals surface area (Å²) in [4.78, 5) is 10.8. The molecule has 0 amide bonds. The van der Waals surface area contributed by atoms with Crippen LogP contribution >= 0.6 is 0 Å².